The lowest BCUT2D eigenvalue weighted by molar-refractivity contribution is -0.158. The van der Waals surface area contributed by atoms with E-state index in [1.807, 2.05) is 18.2 Å². The number of carbonyl (C=O) groups is 2. The SMILES string of the molecule is CCCCCCCCCCc1cccc(C(=O)N(CC(=O)O)OCCCCCC)c1. The average Bonchev–Trinajstić information content (AvgIpc) is 2.74. The summed E-state index contributed by atoms with van der Waals surface area (Å²) in [4.78, 5) is 29.5. The zero-order valence-electron chi connectivity index (χ0n) is 19.0. The van der Waals surface area contributed by atoms with Gasteiger partial charge in [-0.25, -0.2) is 5.06 Å². The predicted octanol–water partition coefficient (Wildman–Crippen LogP) is 6.41. The Labute approximate surface area is 182 Å². The lowest BCUT2D eigenvalue weighted by Gasteiger charge is -2.20. The van der Waals surface area contributed by atoms with Gasteiger partial charge in [0.25, 0.3) is 5.91 Å². The minimum Gasteiger partial charge on any atom is -0.480 e. The van der Waals surface area contributed by atoms with E-state index in [4.69, 9.17) is 9.94 Å². The minimum absolute atomic E-state index is 0.358. The quantitative estimate of drug-likeness (QED) is 0.220. The van der Waals surface area contributed by atoms with Crippen LogP contribution in [0.5, 0.6) is 0 Å². The molecular formula is C25H41NO4. The Hall–Kier alpha value is -1.88. The molecule has 0 aliphatic heterocycles. The molecule has 0 bridgehead atoms. The number of hydrogen-bond acceptors (Lipinski definition) is 3. The summed E-state index contributed by atoms with van der Waals surface area (Å²) < 4.78 is 0. The number of aryl methyl sites for hydroxylation is 1. The minimum atomic E-state index is -1.08. The van der Waals surface area contributed by atoms with Gasteiger partial charge >= 0.3 is 5.97 Å². The molecule has 30 heavy (non-hydrogen) atoms. The molecule has 1 rings (SSSR count). The van der Waals surface area contributed by atoms with Crippen molar-refractivity contribution in [2.45, 2.75) is 97.3 Å². The number of carboxylic acid groups (broad SMARTS) is 1. The monoisotopic (exact) mass is 419 g/mol. The molecule has 0 radical (unpaired) electrons. The van der Waals surface area contributed by atoms with Crippen molar-refractivity contribution >= 4 is 11.9 Å². The number of hydroxylamine groups is 2. The van der Waals surface area contributed by atoms with Gasteiger partial charge in [0.15, 0.2) is 0 Å². The van der Waals surface area contributed by atoms with Gasteiger partial charge in [0.2, 0.25) is 0 Å². The molecule has 0 aliphatic rings. The highest BCUT2D eigenvalue weighted by Crippen LogP contribution is 2.14. The first-order valence-electron chi connectivity index (χ1n) is 11.8. The first-order valence-corrected chi connectivity index (χ1v) is 11.8. The van der Waals surface area contributed by atoms with Crippen molar-refractivity contribution in [3.8, 4) is 0 Å². The van der Waals surface area contributed by atoms with E-state index in [-0.39, 0.29) is 5.91 Å². The molecule has 1 aromatic carbocycles. The van der Waals surface area contributed by atoms with Gasteiger partial charge in [-0.1, -0.05) is 90.2 Å². The van der Waals surface area contributed by atoms with Crippen LogP contribution in [0.2, 0.25) is 0 Å². The summed E-state index contributed by atoms with van der Waals surface area (Å²) in [6.07, 6.45) is 15.2. The fourth-order valence-corrected chi connectivity index (χ4v) is 3.47. The Morgan fingerprint density at radius 1 is 0.867 bits per heavy atom. The van der Waals surface area contributed by atoms with Crippen LogP contribution in [0.3, 0.4) is 0 Å². The van der Waals surface area contributed by atoms with E-state index in [1.54, 1.807) is 6.07 Å². The van der Waals surface area contributed by atoms with Crippen LogP contribution in [0.4, 0.5) is 0 Å². The molecule has 0 saturated carbocycles. The Bertz CT molecular complexity index is 603. The largest absolute Gasteiger partial charge is 0.480 e. The topological polar surface area (TPSA) is 66.8 Å². The third-order valence-corrected chi connectivity index (χ3v) is 5.24. The number of benzene rings is 1. The molecule has 5 nitrogen and oxygen atoms in total. The van der Waals surface area contributed by atoms with Gasteiger partial charge in [-0.3, -0.25) is 14.4 Å². The number of unbranched alkanes of at least 4 members (excludes halogenated alkanes) is 10. The third-order valence-electron chi connectivity index (χ3n) is 5.24. The van der Waals surface area contributed by atoms with E-state index in [0.29, 0.717) is 12.2 Å². The molecular weight excluding hydrogens is 378 g/mol. The number of carboxylic acids is 1. The molecule has 0 fully saturated rings. The zero-order chi connectivity index (χ0) is 22.0. The van der Waals surface area contributed by atoms with Crippen LogP contribution in [0.25, 0.3) is 0 Å². The van der Waals surface area contributed by atoms with Crippen LogP contribution in [0.15, 0.2) is 24.3 Å². The predicted molar refractivity (Wildman–Crippen MR) is 122 cm³/mol. The van der Waals surface area contributed by atoms with Crippen LogP contribution >= 0.6 is 0 Å². The van der Waals surface area contributed by atoms with Crippen LogP contribution in [-0.4, -0.2) is 35.2 Å². The lowest BCUT2D eigenvalue weighted by Crippen LogP contribution is -2.36. The van der Waals surface area contributed by atoms with Crippen molar-refractivity contribution in [3.63, 3.8) is 0 Å². The van der Waals surface area contributed by atoms with Crippen LogP contribution < -0.4 is 0 Å². The van der Waals surface area contributed by atoms with Crippen molar-refractivity contribution in [2.24, 2.45) is 0 Å². The maximum atomic E-state index is 12.8. The first kappa shape index (κ1) is 26.2. The number of nitrogens with zero attached hydrogens (tertiary/aromatic N) is 1. The Morgan fingerprint density at radius 2 is 1.47 bits per heavy atom. The second-order valence-corrected chi connectivity index (χ2v) is 8.05. The maximum absolute atomic E-state index is 12.8. The second-order valence-electron chi connectivity index (χ2n) is 8.05. The molecule has 0 heterocycles. The van der Waals surface area contributed by atoms with E-state index in [1.165, 1.54) is 44.9 Å². The Balaban J connectivity index is 2.49. The van der Waals surface area contributed by atoms with E-state index >= 15 is 0 Å². The van der Waals surface area contributed by atoms with Crippen molar-refractivity contribution < 1.29 is 19.5 Å². The van der Waals surface area contributed by atoms with E-state index in [9.17, 15) is 9.59 Å². The Kier molecular flexibility index (Phi) is 14.7. The van der Waals surface area contributed by atoms with E-state index in [2.05, 4.69) is 13.8 Å². The standard InChI is InChI=1S/C25H41NO4/c1-3-5-7-9-10-11-12-13-16-22-17-15-18-23(20-22)25(29)26(21-24(27)28)30-19-14-8-6-4-2/h15,17-18,20H,3-14,16,19,21H2,1-2H3,(H,27,28). The van der Waals surface area contributed by atoms with Crippen molar-refractivity contribution in [1.82, 2.24) is 5.06 Å². The smallest absolute Gasteiger partial charge is 0.325 e. The number of amides is 1. The summed E-state index contributed by atoms with van der Waals surface area (Å²) in [6.45, 7) is 4.27. The number of aliphatic carboxylic acids is 1. The van der Waals surface area contributed by atoms with Gasteiger partial charge in [0.1, 0.15) is 6.54 Å². The summed E-state index contributed by atoms with van der Waals surface area (Å²) in [7, 11) is 0. The van der Waals surface area contributed by atoms with Gasteiger partial charge in [-0.2, -0.15) is 0 Å². The summed E-state index contributed by atoms with van der Waals surface area (Å²) in [5, 5.41) is 10.1. The molecule has 0 atom stereocenters. The van der Waals surface area contributed by atoms with E-state index < -0.39 is 12.5 Å². The average molecular weight is 420 g/mol. The third kappa shape index (κ3) is 12.0. The van der Waals surface area contributed by atoms with Gasteiger partial charge < -0.3 is 5.11 Å². The van der Waals surface area contributed by atoms with E-state index in [0.717, 1.165) is 49.2 Å². The number of rotatable bonds is 18. The summed E-state index contributed by atoms with van der Waals surface area (Å²) in [5.41, 5.74) is 1.60. The van der Waals surface area contributed by atoms with Crippen molar-refractivity contribution in [3.05, 3.63) is 35.4 Å². The molecule has 0 saturated heterocycles. The molecule has 0 unspecified atom stereocenters. The van der Waals surface area contributed by atoms with Crippen LogP contribution in [0.1, 0.15) is 107 Å². The highest BCUT2D eigenvalue weighted by Gasteiger charge is 2.20. The molecule has 1 amide bonds. The molecule has 5 heteroatoms. The number of hydrogen-bond donors (Lipinski definition) is 1. The van der Waals surface area contributed by atoms with Gasteiger partial charge in [0.05, 0.1) is 6.61 Å². The molecule has 0 aliphatic carbocycles. The van der Waals surface area contributed by atoms with Crippen LogP contribution in [-0.2, 0) is 16.1 Å². The molecule has 1 aromatic rings. The highest BCUT2D eigenvalue weighted by molar-refractivity contribution is 5.95. The van der Waals surface area contributed by atoms with Gasteiger partial charge in [-0.15, -0.1) is 0 Å². The fourth-order valence-electron chi connectivity index (χ4n) is 3.47. The lowest BCUT2D eigenvalue weighted by atomic mass is 10.0. The van der Waals surface area contributed by atoms with Gasteiger partial charge in [-0.05, 0) is 37.0 Å². The van der Waals surface area contributed by atoms with Crippen molar-refractivity contribution in [1.29, 1.82) is 0 Å². The normalized spacial score (nSPS) is 10.9. The molecule has 170 valence electrons. The highest BCUT2D eigenvalue weighted by atomic mass is 16.7. The molecule has 1 N–H and O–H groups in total. The van der Waals surface area contributed by atoms with Gasteiger partial charge in [0, 0.05) is 5.56 Å². The maximum Gasteiger partial charge on any atom is 0.325 e. The summed E-state index contributed by atoms with van der Waals surface area (Å²) in [5.74, 6) is -1.46. The second kappa shape index (κ2) is 16.9. The zero-order valence-corrected chi connectivity index (χ0v) is 19.0. The molecule has 0 aromatic heterocycles. The summed E-state index contributed by atoms with van der Waals surface area (Å²) >= 11 is 0. The summed E-state index contributed by atoms with van der Waals surface area (Å²) in [6, 6.07) is 7.51. The first-order chi connectivity index (χ1) is 14.6. The molecule has 0 spiro atoms. The Morgan fingerprint density at radius 3 is 2.10 bits per heavy atom. The fraction of sp³-hybridized carbons (Fsp3) is 0.680. The number of carbonyl (C=O) groups excluding carboxylic acids is 1. The van der Waals surface area contributed by atoms with Crippen molar-refractivity contribution in [2.75, 3.05) is 13.2 Å². The van der Waals surface area contributed by atoms with Crippen LogP contribution in [0, 0.1) is 0 Å².